The lowest BCUT2D eigenvalue weighted by Crippen LogP contribution is -2.53. The Morgan fingerprint density at radius 3 is 2.88 bits per heavy atom. The van der Waals surface area contributed by atoms with Crippen LogP contribution in [0, 0.1) is 0 Å². The average Bonchev–Trinajstić information content (AvgIpc) is 2.39. The Balaban J connectivity index is 1.75. The van der Waals surface area contributed by atoms with Gasteiger partial charge >= 0.3 is 0 Å². The molecule has 3 nitrogen and oxygen atoms in total. The van der Waals surface area contributed by atoms with Gasteiger partial charge < -0.3 is 10.4 Å². The highest BCUT2D eigenvalue weighted by Gasteiger charge is 2.30. The summed E-state index contributed by atoms with van der Waals surface area (Å²) in [5, 5.41) is 13.3. The van der Waals surface area contributed by atoms with Crippen LogP contribution < -0.4 is 5.32 Å². The molecular weight excluding hydrogens is 212 g/mol. The van der Waals surface area contributed by atoms with Gasteiger partial charge in [0.05, 0.1) is 6.10 Å². The Hall–Kier alpha value is -0.900. The first kappa shape index (κ1) is 11.2. The first-order valence-corrected chi connectivity index (χ1v) is 6.54. The summed E-state index contributed by atoms with van der Waals surface area (Å²) in [6.45, 7) is 3.85. The predicted molar refractivity (Wildman–Crippen MR) is 67.8 cm³/mol. The number of hydrogen-bond donors (Lipinski definition) is 2. The van der Waals surface area contributed by atoms with Gasteiger partial charge in [-0.3, -0.25) is 4.90 Å². The largest absolute Gasteiger partial charge is 0.390 e. The fourth-order valence-electron chi connectivity index (χ4n) is 3.05. The monoisotopic (exact) mass is 232 g/mol. The summed E-state index contributed by atoms with van der Waals surface area (Å²) in [5.74, 6) is 0. The van der Waals surface area contributed by atoms with Crippen LogP contribution in [-0.2, 0) is 13.0 Å². The summed E-state index contributed by atoms with van der Waals surface area (Å²) in [6, 6.07) is 9.01. The van der Waals surface area contributed by atoms with Gasteiger partial charge in [0.1, 0.15) is 0 Å². The lowest BCUT2D eigenvalue weighted by molar-refractivity contribution is 0.0220. The summed E-state index contributed by atoms with van der Waals surface area (Å²) < 4.78 is 0. The van der Waals surface area contributed by atoms with Crippen LogP contribution in [0.2, 0.25) is 0 Å². The van der Waals surface area contributed by atoms with E-state index in [1.165, 1.54) is 11.1 Å². The molecule has 3 heteroatoms. The molecule has 0 spiro atoms. The number of β-amino-alcohol motifs (C(OH)–C–C–N with tert-alkyl or cyclic N) is 1. The molecule has 17 heavy (non-hydrogen) atoms. The Morgan fingerprint density at radius 1 is 1.24 bits per heavy atom. The number of aliphatic hydroxyl groups is 1. The lowest BCUT2D eigenvalue weighted by Gasteiger charge is -2.40. The smallest absolute Gasteiger partial charge is 0.0820 e. The first-order valence-electron chi connectivity index (χ1n) is 6.54. The second-order valence-corrected chi connectivity index (χ2v) is 5.12. The third-order valence-electron chi connectivity index (χ3n) is 4.04. The molecule has 1 unspecified atom stereocenters. The molecule has 0 bridgehead atoms. The van der Waals surface area contributed by atoms with Crippen LogP contribution in [0.5, 0.6) is 0 Å². The average molecular weight is 232 g/mol. The number of fused-ring (bicyclic) bond motifs is 1. The minimum atomic E-state index is -0.214. The minimum Gasteiger partial charge on any atom is -0.390 e. The zero-order chi connectivity index (χ0) is 11.7. The molecule has 2 N–H and O–H groups in total. The normalized spacial score (nSPS) is 29.9. The second-order valence-electron chi connectivity index (χ2n) is 5.12. The van der Waals surface area contributed by atoms with Crippen LogP contribution in [0.1, 0.15) is 17.5 Å². The lowest BCUT2D eigenvalue weighted by atomic mass is 9.95. The van der Waals surface area contributed by atoms with Crippen LogP contribution in [-0.4, -0.2) is 41.8 Å². The summed E-state index contributed by atoms with van der Waals surface area (Å²) in [4.78, 5) is 2.45. The van der Waals surface area contributed by atoms with E-state index < -0.39 is 0 Å². The molecule has 0 amide bonds. The first-order chi connectivity index (χ1) is 8.34. The number of piperidine rings is 1. The van der Waals surface area contributed by atoms with Crippen molar-refractivity contribution in [1.29, 1.82) is 0 Å². The summed E-state index contributed by atoms with van der Waals surface area (Å²) >= 11 is 0. The van der Waals surface area contributed by atoms with E-state index >= 15 is 0 Å². The number of benzene rings is 1. The molecule has 2 heterocycles. The number of nitrogens with zero attached hydrogens (tertiary/aromatic N) is 1. The Bertz CT molecular complexity index is 394. The van der Waals surface area contributed by atoms with Gasteiger partial charge in [-0.1, -0.05) is 24.3 Å². The molecule has 2 aliphatic heterocycles. The summed E-state index contributed by atoms with van der Waals surface area (Å²) in [5.41, 5.74) is 2.91. The molecule has 1 saturated heterocycles. The van der Waals surface area contributed by atoms with Gasteiger partial charge in [0, 0.05) is 25.7 Å². The minimum absolute atomic E-state index is 0.214. The van der Waals surface area contributed by atoms with Crippen LogP contribution in [0.3, 0.4) is 0 Å². The predicted octanol–water partition coefficient (Wildman–Crippen LogP) is 0.767. The molecule has 0 aromatic heterocycles. The summed E-state index contributed by atoms with van der Waals surface area (Å²) in [7, 11) is 0. The van der Waals surface area contributed by atoms with E-state index in [9.17, 15) is 5.11 Å². The topological polar surface area (TPSA) is 35.5 Å². The van der Waals surface area contributed by atoms with Crippen molar-refractivity contribution in [3.8, 4) is 0 Å². The van der Waals surface area contributed by atoms with Crippen molar-refractivity contribution in [2.24, 2.45) is 0 Å². The fraction of sp³-hybridized carbons (Fsp3) is 0.571. The highest BCUT2D eigenvalue weighted by molar-refractivity contribution is 5.29. The van der Waals surface area contributed by atoms with Gasteiger partial charge in [-0.05, 0) is 30.5 Å². The molecule has 3 rings (SSSR count). The molecule has 1 aromatic rings. The van der Waals surface area contributed by atoms with Gasteiger partial charge in [-0.15, -0.1) is 0 Å². The zero-order valence-corrected chi connectivity index (χ0v) is 10.1. The van der Waals surface area contributed by atoms with Crippen LogP contribution >= 0.6 is 0 Å². The van der Waals surface area contributed by atoms with E-state index in [4.69, 9.17) is 0 Å². The van der Waals surface area contributed by atoms with Gasteiger partial charge in [0.25, 0.3) is 0 Å². The van der Waals surface area contributed by atoms with E-state index in [1.54, 1.807) is 0 Å². The van der Waals surface area contributed by atoms with Crippen molar-refractivity contribution < 1.29 is 5.11 Å². The van der Waals surface area contributed by atoms with Crippen LogP contribution in [0.15, 0.2) is 24.3 Å². The fourth-order valence-corrected chi connectivity index (χ4v) is 3.05. The quantitative estimate of drug-likeness (QED) is 0.750. The molecule has 92 valence electrons. The maximum Gasteiger partial charge on any atom is 0.0820 e. The third-order valence-corrected chi connectivity index (χ3v) is 4.04. The standard InChI is InChI=1S/C14H20N2O/c17-14-9-15-7-5-13(14)16-8-6-11-3-1-2-4-12(11)10-16/h1-4,13-15,17H,5-10H2/t13-,14?/m0/s1. The third kappa shape index (κ3) is 2.23. The van der Waals surface area contributed by atoms with E-state index in [2.05, 4.69) is 34.5 Å². The highest BCUT2D eigenvalue weighted by atomic mass is 16.3. The van der Waals surface area contributed by atoms with Crippen molar-refractivity contribution in [2.75, 3.05) is 19.6 Å². The number of rotatable bonds is 1. The number of hydrogen-bond acceptors (Lipinski definition) is 3. The molecule has 1 fully saturated rings. The van der Waals surface area contributed by atoms with Crippen molar-refractivity contribution in [3.63, 3.8) is 0 Å². The molecule has 0 aliphatic carbocycles. The molecule has 2 aliphatic rings. The van der Waals surface area contributed by atoms with Crippen LogP contribution in [0.25, 0.3) is 0 Å². The zero-order valence-electron chi connectivity index (χ0n) is 10.1. The van der Waals surface area contributed by atoms with Crippen molar-refractivity contribution in [2.45, 2.75) is 31.5 Å². The maximum absolute atomic E-state index is 10.1. The Kier molecular flexibility index (Phi) is 3.14. The van der Waals surface area contributed by atoms with Gasteiger partial charge in [0.2, 0.25) is 0 Å². The molecule has 1 aromatic carbocycles. The SMILES string of the molecule is OC1CNCC[C@@H]1N1CCc2ccccc2C1. The van der Waals surface area contributed by atoms with E-state index in [0.29, 0.717) is 6.04 Å². The highest BCUT2D eigenvalue weighted by Crippen LogP contribution is 2.23. The number of nitrogens with one attached hydrogen (secondary N) is 1. The molecule has 2 atom stereocenters. The van der Waals surface area contributed by atoms with Gasteiger partial charge in [-0.25, -0.2) is 0 Å². The Morgan fingerprint density at radius 2 is 2.06 bits per heavy atom. The maximum atomic E-state index is 10.1. The second kappa shape index (κ2) is 4.77. The van der Waals surface area contributed by atoms with Crippen molar-refractivity contribution in [1.82, 2.24) is 10.2 Å². The Labute approximate surface area is 102 Å². The molecule has 0 saturated carbocycles. The van der Waals surface area contributed by atoms with Crippen LogP contribution in [0.4, 0.5) is 0 Å². The molecule has 0 radical (unpaired) electrons. The van der Waals surface area contributed by atoms with Gasteiger partial charge in [0.15, 0.2) is 0 Å². The van der Waals surface area contributed by atoms with E-state index in [-0.39, 0.29) is 6.10 Å². The van der Waals surface area contributed by atoms with Crippen molar-refractivity contribution in [3.05, 3.63) is 35.4 Å². The van der Waals surface area contributed by atoms with E-state index in [0.717, 1.165) is 39.0 Å². The summed E-state index contributed by atoms with van der Waals surface area (Å²) in [6.07, 6.45) is 1.96. The van der Waals surface area contributed by atoms with Crippen molar-refractivity contribution >= 4 is 0 Å². The molecular formula is C14H20N2O. The van der Waals surface area contributed by atoms with Gasteiger partial charge in [-0.2, -0.15) is 0 Å². The number of aliphatic hydroxyl groups excluding tert-OH is 1. The van der Waals surface area contributed by atoms with E-state index in [1.807, 2.05) is 0 Å².